The minimum absolute atomic E-state index is 0.116. The number of carbonyl (C=O) groups is 1. The summed E-state index contributed by atoms with van der Waals surface area (Å²) in [5.41, 5.74) is -0.496. The van der Waals surface area contributed by atoms with Crippen LogP contribution in [0.3, 0.4) is 0 Å². The van der Waals surface area contributed by atoms with Crippen LogP contribution < -0.4 is 5.32 Å². The van der Waals surface area contributed by atoms with Gasteiger partial charge < -0.3 is 4.74 Å². The van der Waals surface area contributed by atoms with Gasteiger partial charge in [0.1, 0.15) is 11.6 Å². The first-order valence-corrected chi connectivity index (χ1v) is 5.49. The van der Waals surface area contributed by atoms with Crippen LogP contribution in [-0.4, -0.2) is 23.4 Å². The molecule has 1 aliphatic carbocycles. The van der Waals surface area contributed by atoms with Crippen LogP contribution in [0.2, 0.25) is 0 Å². The Morgan fingerprint density at radius 1 is 1.53 bits per heavy atom. The van der Waals surface area contributed by atoms with Gasteiger partial charge in [0.25, 0.3) is 0 Å². The zero-order chi connectivity index (χ0) is 11.3. The van der Waals surface area contributed by atoms with Gasteiger partial charge in [-0.15, -0.1) is 0 Å². The van der Waals surface area contributed by atoms with E-state index in [0.29, 0.717) is 12.8 Å². The monoisotopic (exact) mass is 215 g/mol. The normalized spacial score (nSPS) is 39.5. The maximum Gasteiger partial charge on any atom is 0.324 e. The molecule has 1 heterocycles. The van der Waals surface area contributed by atoms with Crippen molar-refractivity contribution in [3.8, 4) is 0 Å². The van der Waals surface area contributed by atoms with Crippen LogP contribution in [0, 0.1) is 5.92 Å². The Balaban J connectivity index is 1.99. The van der Waals surface area contributed by atoms with E-state index in [1.807, 2.05) is 20.8 Å². The topological polar surface area (TPSA) is 38.3 Å². The van der Waals surface area contributed by atoms with Gasteiger partial charge in [-0.1, -0.05) is 0 Å². The number of esters is 1. The highest BCUT2D eigenvalue weighted by molar-refractivity contribution is 5.77. The van der Waals surface area contributed by atoms with Gasteiger partial charge in [-0.25, -0.2) is 4.39 Å². The third kappa shape index (κ3) is 2.14. The number of carbonyl (C=O) groups excluding carboxylic acids is 1. The first-order valence-electron chi connectivity index (χ1n) is 5.49. The number of hydrogen-bond acceptors (Lipinski definition) is 3. The van der Waals surface area contributed by atoms with Gasteiger partial charge >= 0.3 is 5.97 Å². The van der Waals surface area contributed by atoms with E-state index in [0.717, 1.165) is 6.42 Å². The average molecular weight is 215 g/mol. The maximum atomic E-state index is 13.8. The summed E-state index contributed by atoms with van der Waals surface area (Å²) in [6, 6.07) is -0.442. The largest absolute Gasteiger partial charge is 0.459 e. The van der Waals surface area contributed by atoms with Crippen LogP contribution in [0.1, 0.15) is 40.0 Å². The number of rotatable bonds is 1. The molecule has 0 unspecified atom stereocenters. The molecule has 1 saturated carbocycles. The minimum Gasteiger partial charge on any atom is -0.459 e. The van der Waals surface area contributed by atoms with Gasteiger partial charge in [0.2, 0.25) is 0 Å². The number of hydrogen-bond donors (Lipinski definition) is 1. The van der Waals surface area contributed by atoms with Crippen molar-refractivity contribution >= 4 is 5.97 Å². The lowest BCUT2D eigenvalue weighted by Gasteiger charge is -2.28. The SMILES string of the molecule is CC(C)(C)OC(=O)[C@@H]1N[C@]2(F)CC[C@H]1C2. The summed E-state index contributed by atoms with van der Waals surface area (Å²) in [5, 5.41) is 2.75. The van der Waals surface area contributed by atoms with Crippen LogP contribution in [0.5, 0.6) is 0 Å². The first kappa shape index (κ1) is 10.9. The summed E-state index contributed by atoms with van der Waals surface area (Å²) >= 11 is 0. The van der Waals surface area contributed by atoms with Crippen molar-refractivity contribution in [2.75, 3.05) is 0 Å². The number of alkyl halides is 1. The molecule has 15 heavy (non-hydrogen) atoms. The van der Waals surface area contributed by atoms with Crippen molar-refractivity contribution in [1.29, 1.82) is 0 Å². The number of piperidine rings is 1. The summed E-state index contributed by atoms with van der Waals surface area (Å²) in [7, 11) is 0. The molecule has 1 aliphatic heterocycles. The fourth-order valence-corrected chi connectivity index (χ4v) is 2.46. The molecule has 1 N–H and O–H groups in total. The Labute approximate surface area is 89.4 Å². The molecule has 0 spiro atoms. The minimum atomic E-state index is -1.31. The van der Waals surface area contributed by atoms with E-state index < -0.39 is 17.4 Å². The molecule has 3 atom stereocenters. The van der Waals surface area contributed by atoms with E-state index >= 15 is 0 Å². The molecule has 3 nitrogen and oxygen atoms in total. The van der Waals surface area contributed by atoms with Crippen molar-refractivity contribution in [3.05, 3.63) is 0 Å². The maximum absolute atomic E-state index is 13.8. The Morgan fingerprint density at radius 2 is 2.20 bits per heavy atom. The second kappa shape index (κ2) is 3.17. The fraction of sp³-hybridized carbons (Fsp3) is 0.909. The van der Waals surface area contributed by atoms with Crippen molar-refractivity contribution in [3.63, 3.8) is 0 Å². The zero-order valence-corrected chi connectivity index (χ0v) is 9.47. The van der Waals surface area contributed by atoms with Crippen LogP contribution in [0.15, 0.2) is 0 Å². The van der Waals surface area contributed by atoms with Gasteiger partial charge in [-0.05, 0) is 46.0 Å². The second-order valence-electron chi connectivity index (χ2n) is 5.62. The Morgan fingerprint density at radius 3 is 2.60 bits per heavy atom. The summed E-state index contributed by atoms with van der Waals surface area (Å²) in [6.07, 6.45) is 1.77. The summed E-state index contributed by atoms with van der Waals surface area (Å²) in [4.78, 5) is 11.7. The van der Waals surface area contributed by atoms with Gasteiger partial charge in [0.15, 0.2) is 5.79 Å². The molecule has 2 aliphatic rings. The highest BCUT2D eigenvalue weighted by Crippen LogP contribution is 2.44. The predicted molar refractivity (Wildman–Crippen MR) is 53.9 cm³/mol. The highest BCUT2D eigenvalue weighted by Gasteiger charge is 2.54. The van der Waals surface area contributed by atoms with Gasteiger partial charge in [-0.3, -0.25) is 10.1 Å². The quantitative estimate of drug-likeness (QED) is 0.535. The van der Waals surface area contributed by atoms with Crippen molar-refractivity contribution < 1.29 is 13.9 Å². The van der Waals surface area contributed by atoms with Crippen molar-refractivity contribution in [1.82, 2.24) is 5.32 Å². The third-order valence-corrected chi connectivity index (χ3v) is 3.04. The lowest BCUT2D eigenvalue weighted by molar-refractivity contribution is -0.159. The van der Waals surface area contributed by atoms with Crippen LogP contribution in [0.4, 0.5) is 4.39 Å². The Hall–Kier alpha value is -0.640. The van der Waals surface area contributed by atoms with Crippen LogP contribution >= 0.6 is 0 Å². The smallest absolute Gasteiger partial charge is 0.324 e. The molecule has 86 valence electrons. The average Bonchev–Trinajstić information content (AvgIpc) is 2.55. The molecule has 1 saturated heterocycles. The molecule has 2 fully saturated rings. The molecule has 0 aromatic rings. The van der Waals surface area contributed by atoms with Crippen molar-refractivity contribution in [2.24, 2.45) is 5.92 Å². The lowest BCUT2D eigenvalue weighted by atomic mass is 10.00. The standard InChI is InChI=1S/C11H18FNO2/c1-10(2,3)15-9(14)8-7-4-5-11(12,6-7)13-8/h7-8,13H,4-6H2,1-3H3/t7-,8+,11+/m0/s1. The lowest BCUT2D eigenvalue weighted by Crippen LogP contribution is -2.48. The number of nitrogens with one attached hydrogen (secondary N) is 1. The molecule has 0 aromatic carbocycles. The Kier molecular flexibility index (Phi) is 2.30. The van der Waals surface area contributed by atoms with E-state index in [4.69, 9.17) is 4.74 Å². The molecular formula is C11H18FNO2. The number of fused-ring (bicyclic) bond motifs is 2. The van der Waals surface area contributed by atoms with Crippen LogP contribution in [-0.2, 0) is 9.53 Å². The van der Waals surface area contributed by atoms with Crippen molar-refractivity contribution in [2.45, 2.75) is 57.5 Å². The summed E-state index contributed by atoms with van der Waals surface area (Å²) in [6.45, 7) is 5.47. The van der Waals surface area contributed by atoms with Gasteiger partial charge in [0, 0.05) is 0 Å². The molecule has 0 amide bonds. The van der Waals surface area contributed by atoms with Crippen LogP contribution in [0.25, 0.3) is 0 Å². The molecule has 0 radical (unpaired) electrons. The second-order valence-corrected chi connectivity index (χ2v) is 5.62. The van der Waals surface area contributed by atoms with E-state index in [1.54, 1.807) is 0 Å². The number of ether oxygens (including phenoxy) is 1. The molecule has 2 bridgehead atoms. The molecule has 0 aromatic heterocycles. The number of halogens is 1. The first-order chi connectivity index (χ1) is 6.79. The van der Waals surface area contributed by atoms with E-state index in [-0.39, 0.29) is 11.9 Å². The molecule has 2 rings (SSSR count). The van der Waals surface area contributed by atoms with E-state index in [2.05, 4.69) is 5.32 Å². The van der Waals surface area contributed by atoms with Gasteiger partial charge in [-0.2, -0.15) is 0 Å². The Bertz CT molecular complexity index is 287. The highest BCUT2D eigenvalue weighted by atomic mass is 19.1. The van der Waals surface area contributed by atoms with Gasteiger partial charge in [0.05, 0.1) is 0 Å². The van der Waals surface area contributed by atoms with E-state index in [1.165, 1.54) is 0 Å². The third-order valence-electron chi connectivity index (χ3n) is 3.04. The summed E-state index contributed by atoms with van der Waals surface area (Å²) < 4.78 is 19.1. The summed E-state index contributed by atoms with van der Waals surface area (Å²) in [5.74, 6) is -1.51. The zero-order valence-electron chi connectivity index (χ0n) is 9.47. The molecule has 4 heteroatoms. The fourth-order valence-electron chi connectivity index (χ4n) is 2.46. The molecular weight excluding hydrogens is 197 g/mol. The predicted octanol–water partition coefficient (Wildman–Crippen LogP) is 1.77. The van der Waals surface area contributed by atoms with E-state index in [9.17, 15) is 9.18 Å².